The fourth-order valence-electron chi connectivity index (χ4n) is 3.61. The van der Waals surface area contributed by atoms with Gasteiger partial charge in [0.05, 0.1) is 11.7 Å². The van der Waals surface area contributed by atoms with E-state index < -0.39 is 0 Å². The SMILES string of the molecule is N=c1c2c3c(sc2ncn1C1CCCCNC1=O)CCCC3. The summed E-state index contributed by atoms with van der Waals surface area (Å²) in [4.78, 5) is 19.2. The Morgan fingerprint density at radius 3 is 3.05 bits per heavy atom. The number of aryl methyl sites for hydroxylation is 2. The highest BCUT2D eigenvalue weighted by Crippen LogP contribution is 2.33. The summed E-state index contributed by atoms with van der Waals surface area (Å²) in [7, 11) is 0. The molecule has 2 aromatic heterocycles. The number of thiophene rings is 1. The average Bonchev–Trinajstić information content (AvgIpc) is 2.78. The maximum atomic E-state index is 12.3. The highest BCUT2D eigenvalue weighted by Gasteiger charge is 2.25. The quantitative estimate of drug-likeness (QED) is 0.847. The Bertz CT molecular complexity index is 791. The van der Waals surface area contributed by atoms with Crippen LogP contribution in [0, 0.1) is 5.41 Å². The van der Waals surface area contributed by atoms with Crippen LogP contribution in [0.4, 0.5) is 0 Å². The van der Waals surface area contributed by atoms with Gasteiger partial charge in [-0.2, -0.15) is 0 Å². The second kappa shape index (κ2) is 5.50. The summed E-state index contributed by atoms with van der Waals surface area (Å²) in [5, 5.41) is 12.6. The average molecular weight is 316 g/mol. The van der Waals surface area contributed by atoms with Crippen molar-refractivity contribution >= 4 is 27.5 Å². The number of hydrogen-bond acceptors (Lipinski definition) is 4. The first kappa shape index (κ1) is 13.9. The number of rotatable bonds is 1. The van der Waals surface area contributed by atoms with Crippen molar-refractivity contribution in [3.05, 3.63) is 22.3 Å². The molecule has 5 nitrogen and oxygen atoms in total. The molecule has 1 saturated heterocycles. The Morgan fingerprint density at radius 1 is 1.27 bits per heavy atom. The molecule has 1 unspecified atom stereocenters. The number of nitrogens with zero attached hydrogens (tertiary/aromatic N) is 2. The van der Waals surface area contributed by atoms with E-state index in [-0.39, 0.29) is 11.9 Å². The molecule has 6 heteroatoms. The van der Waals surface area contributed by atoms with Crippen LogP contribution < -0.4 is 10.8 Å². The summed E-state index contributed by atoms with van der Waals surface area (Å²) in [6.07, 6.45) is 9.10. The highest BCUT2D eigenvalue weighted by molar-refractivity contribution is 7.18. The van der Waals surface area contributed by atoms with Crippen molar-refractivity contribution in [2.75, 3.05) is 6.54 Å². The highest BCUT2D eigenvalue weighted by atomic mass is 32.1. The van der Waals surface area contributed by atoms with Crippen molar-refractivity contribution in [1.29, 1.82) is 5.41 Å². The summed E-state index contributed by atoms with van der Waals surface area (Å²) < 4.78 is 1.78. The van der Waals surface area contributed by atoms with Crippen molar-refractivity contribution in [1.82, 2.24) is 14.9 Å². The molecule has 0 spiro atoms. The number of amides is 1. The second-order valence-electron chi connectivity index (χ2n) is 6.19. The van der Waals surface area contributed by atoms with Crippen LogP contribution in [0.2, 0.25) is 0 Å². The van der Waals surface area contributed by atoms with E-state index >= 15 is 0 Å². The van der Waals surface area contributed by atoms with Gasteiger partial charge < -0.3 is 9.88 Å². The van der Waals surface area contributed by atoms with Gasteiger partial charge in [0.2, 0.25) is 5.91 Å². The van der Waals surface area contributed by atoms with E-state index in [9.17, 15) is 4.79 Å². The van der Waals surface area contributed by atoms with Crippen LogP contribution in [0.3, 0.4) is 0 Å². The lowest BCUT2D eigenvalue weighted by Crippen LogP contribution is -2.36. The molecule has 3 heterocycles. The predicted molar refractivity (Wildman–Crippen MR) is 86.0 cm³/mol. The molecule has 1 amide bonds. The zero-order valence-corrected chi connectivity index (χ0v) is 13.3. The number of hydrogen-bond donors (Lipinski definition) is 2. The summed E-state index contributed by atoms with van der Waals surface area (Å²) >= 11 is 1.73. The number of nitrogens with one attached hydrogen (secondary N) is 2. The number of fused-ring (bicyclic) bond motifs is 3. The second-order valence-corrected chi connectivity index (χ2v) is 7.28. The Hall–Kier alpha value is -1.69. The van der Waals surface area contributed by atoms with E-state index in [0.29, 0.717) is 5.49 Å². The van der Waals surface area contributed by atoms with Gasteiger partial charge in [-0.3, -0.25) is 10.2 Å². The van der Waals surface area contributed by atoms with Gasteiger partial charge in [0.15, 0.2) is 0 Å². The van der Waals surface area contributed by atoms with Crippen molar-refractivity contribution in [2.45, 2.75) is 51.0 Å². The van der Waals surface area contributed by atoms with Crippen molar-refractivity contribution < 1.29 is 4.79 Å². The Balaban J connectivity index is 1.87. The minimum atomic E-state index is -0.286. The molecule has 1 fully saturated rings. The molecule has 2 aromatic rings. The molecule has 0 saturated carbocycles. The van der Waals surface area contributed by atoms with Crippen LogP contribution >= 0.6 is 11.3 Å². The third-order valence-electron chi connectivity index (χ3n) is 4.79. The lowest BCUT2D eigenvalue weighted by molar-refractivity contribution is -0.124. The number of carbonyl (C=O) groups is 1. The zero-order chi connectivity index (χ0) is 15.1. The first-order valence-electron chi connectivity index (χ1n) is 8.09. The van der Waals surface area contributed by atoms with Crippen LogP contribution in [0.1, 0.15) is 48.6 Å². The molecule has 116 valence electrons. The topological polar surface area (TPSA) is 70.8 Å². The first-order valence-corrected chi connectivity index (χ1v) is 8.91. The molecule has 1 aliphatic heterocycles. The molecule has 22 heavy (non-hydrogen) atoms. The minimum Gasteiger partial charge on any atom is -0.354 e. The van der Waals surface area contributed by atoms with Gasteiger partial charge in [-0.1, -0.05) is 0 Å². The minimum absolute atomic E-state index is 0.0289. The molecule has 1 aliphatic carbocycles. The van der Waals surface area contributed by atoms with Crippen LogP contribution in [-0.4, -0.2) is 22.0 Å². The Kier molecular flexibility index (Phi) is 3.48. The maximum Gasteiger partial charge on any atom is 0.243 e. The maximum absolute atomic E-state index is 12.3. The lowest BCUT2D eigenvalue weighted by atomic mass is 9.97. The molecular weight excluding hydrogens is 296 g/mol. The smallest absolute Gasteiger partial charge is 0.243 e. The molecular formula is C16H20N4OS. The standard InChI is InChI=1S/C16H20N4OS/c17-14-13-10-5-1-2-7-12(10)22-16(13)19-9-20(14)11-6-3-4-8-18-15(11)21/h9,11,17H,1-8H2,(H,18,21). The molecule has 0 radical (unpaired) electrons. The summed E-state index contributed by atoms with van der Waals surface area (Å²) in [5.74, 6) is 0.0289. The molecule has 0 aromatic carbocycles. The summed E-state index contributed by atoms with van der Waals surface area (Å²) in [6.45, 7) is 0.743. The van der Waals surface area contributed by atoms with Gasteiger partial charge in [0.25, 0.3) is 0 Å². The monoisotopic (exact) mass is 316 g/mol. The van der Waals surface area contributed by atoms with Gasteiger partial charge in [-0.05, 0) is 50.5 Å². The van der Waals surface area contributed by atoms with Gasteiger partial charge in [-0.15, -0.1) is 11.3 Å². The Labute approximate surface area is 132 Å². The van der Waals surface area contributed by atoms with Crippen LogP contribution in [0.5, 0.6) is 0 Å². The van der Waals surface area contributed by atoms with Gasteiger partial charge in [0.1, 0.15) is 16.4 Å². The molecule has 0 bridgehead atoms. The molecule has 4 rings (SSSR count). The normalized spacial score (nSPS) is 22.2. The summed E-state index contributed by atoms with van der Waals surface area (Å²) in [5.41, 5.74) is 1.78. The van der Waals surface area contributed by atoms with E-state index in [4.69, 9.17) is 5.41 Å². The number of carbonyl (C=O) groups excluding carboxylic acids is 1. The van der Waals surface area contributed by atoms with Gasteiger partial charge in [0, 0.05) is 11.4 Å². The van der Waals surface area contributed by atoms with E-state index in [1.807, 2.05) is 0 Å². The van der Waals surface area contributed by atoms with Gasteiger partial charge in [-0.25, -0.2) is 4.98 Å². The van der Waals surface area contributed by atoms with E-state index in [1.54, 1.807) is 22.2 Å². The van der Waals surface area contributed by atoms with Crippen molar-refractivity contribution in [3.8, 4) is 0 Å². The number of aromatic nitrogens is 2. The fraction of sp³-hybridized carbons (Fsp3) is 0.562. The van der Waals surface area contributed by atoms with E-state index in [0.717, 1.165) is 48.9 Å². The van der Waals surface area contributed by atoms with Crippen molar-refractivity contribution in [2.24, 2.45) is 0 Å². The zero-order valence-electron chi connectivity index (χ0n) is 12.5. The first-order chi connectivity index (χ1) is 10.8. The summed E-state index contributed by atoms with van der Waals surface area (Å²) in [6, 6.07) is -0.286. The fourth-order valence-corrected chi connectivity index (χ4v) is 4.84. The molecule has 2 N–H and O–H groups in total. The third-order valence-corrected chi connectivity index (χ3v) is 5.99. The van der Waals surface area contributed by atoms with Gasteiger partial charge >= 0.3 is 0 Å². The van der Waals surface area contributed by atoms with Crippen molar-refractivity contribution in [3.63, 3.8) is 0 Å². The van der Waals surface area contributed by atoms with Crippen LogP contribution in [0.25, 0.3) is 10.2 Å². The largest absolute Gasteiger partial charge is 0.354 e. The molecule has 1 atom stereocenters. The van der Waals surface area contributed by atoms with E-state index in [2.05, 4.69) is 10.3 Å². The lowest BCUT2D eigenvalue weighted by Gasteiger charge is -2.17. The van der Waals surface area contributed by atoms with E-state index in [1.165, 1.54) is 23.3 Å². The third kappa shape index (κ3) is 2.17. The van der Waals surface area contributed by atoms with Crippen LogP contribution in [0.15, 0.2) is 6.33 Å². The molecule has 2 aliphatic rings. The van der Waals surface area contributed by atoms with Crippen LogP contribution in [-0.2, 0) is 17.6 Å². The Morgan fingerprint density at radius 2 is 2.14 bits per heavy atom. The predicted octanol–water partition coefficient (Wildman–Crippen LogP) is 2.30.